The summed E-state index contributed by atoms with van der Waals surface area (Å²) in [6, 6.07) is 2.14. The first-order valence-corrected chi connectivity index (χ1v) is 7.45. The van der Waals surface area contributed by atoms with Gasteiger partial charge in [0.2, 0.25) is 0 Å². The molecule has 0 bridgehead atoms. The summed E-state index contributed by atoms with van der Waals surface area (Å²) >= 11 is 6.20. The van der Waals surface area contributed by atoms with Gasteiger partial charge in [-0.3, -0.25) is 4.68 Å². The molecule has 1 N–H and O–H groups in total. The van der Waals surface area contributed by atoms with E-state index >= 15 is 0 Å². The zero-order chi connectivity index (χ0) is 13.0. The molecule has 0 radical (unpaired) electrons. The fourth-order valence-corrected chi connectivity index (χ4v) is 3.31. The molecular formula is C14H24ClN3. The standard InChI is InChI=1S/C14H24ClN3/c1-12-8-13(18(2)17-12)9-16-11-14(10-15)6-4-3-5-7-14/h8,16H,3-7,9-11H2,1-2H3. The molecule has 1 aromatic heterocycles. The highest BCUT2D eigenvalue weighted by Gasteiger charge is 2.30. The van der Waals surface area contributed by atoms with Gasteiger partial charge in [0.1, 0.15) is 0 Å². The minimum Gasteiger partial charge on any atom is -0.311 e. The Morgan fingerprint density at radius 3 is 2.67 bits per heavy atom. The highest BCUT2D eigenvalue weighted by Crippen LogP contribution is 2.36. The van der Waals surface area contributed by atoms with E-state index in [4.69, 9.17) is 11.6 Å². The SMILES string of the molecule is Cc1cc(CNCC2(CCl)CCCCC2)n(C)n1. The van der Waals surface area contributed by atoms with Crippen LogP contribution in [0.3, 0.4) is 0 Å². The van der Waals surface area contributed by atoms with E-state index in [0.29, 0.717) is 5.41 Å². The molecule has 1 heterocycles. The third-order valence-corrected chi connectivity index (χ3v) is 4.67. The van der Waals surface area contributed by atoms with E-state index in [1.807, 2.05) is 18.7 Å². The highest BCUT2D eigenvalue weighted by molar-refractivity contribution is 6.18. The van der Waals surface area contributed by atoms with E-state index in [1.54, 1.807) is 0 Å². The molecule has 0 amide bonds. The average Bonchev–Trinajstić information content (AvgIpc) is 2.69. The van der Waals surface area contributed by atoms with Crippen molar-refractivity contribution in [2.45, 2.75) is 45.6 Å². The second-order valence-electron chi connectivity index (χ2n) is 5.70. The maximum Gasteiger partial charge on any atom is 0.0597 e. The Kier molecular flexibility index (Phi) is 4.68. The minimum atomic E-state index is 0.327. The number of halogens is 1. The van der Waals surface area contributed by atoms with Crippen LogP contribution in [0.1, 0.15) is 43.5 Å². The third-order valence-electron chi connectivity index (χ3n) is 4.10. The number of hydrogen-bond donors (Lipinski definition) is 1. The van der Waals surface area contributed by atoms with E-state index in [2.05, 4.69) is 16.5 Å². The van der Waals surface area contributed by atoms with Gasteiger partial charge >= 0.3 is 0 Å². The van der Waals surface area contributed by atoms with Crippen molar-refractivity contribution in [3.63, 3.8) is 0 Å². The van der Waals surface area contributed by atoms with Crippen molar-refractivity contribution in [2.75, 3.05) is 12.4 Å². The van der Waals surface area contributed by atoms with Crippen LogP contribution >= 0.6 is 11.6 Å². The van der Waals surface area contributed by atoms with Crippen molar-refractivity contribution >= 4 is 11.6 Å². The maximum absolute atomic E-state index is 6.20. The molecule has 1 aliphatic carbocycles. The maximum atomic E-state index is 6.20. The molecule has 0 atom stereocenters. The van der Waals surface area contributed by atoms with Crippen LogP contribution in [0.2, 0.25) is 0 Å². The molecule has 0 unspecified atom stereocenters. The molecular weight excluding hydrogens is 246 g/mol. The van der Waals surface area contributed by atoms with E-state index < -0.39 is 0 Å². The third kappa shape index (κ3) is 3.27. The lowest BCUT2D eigenvalue weighted by molar-refractivity contribution is 0.211. The van der Waals surface area contributed by atoms with E-state index in [1.165, 1.54) is 37.8 Å². The van der Waals surface area contributed by atoms with Crippen molar-refractivity contribution in [1.29, 1.82) is 0 Å². The first-order chi connectivity index (χ1) is 8.65. The summed E-state index contributed by atoms with van der Waals surface area (Å²) in [5.41, 5.74) is 2.65. The molecule has 18 heavy (non-hydrogen) atoms. The van der Waals surface area contributed by atoms with Crippen molar-refractivity contribution in [3.8, 4) is 0 Å². The Labute approximate surface area is 115 Å². The van der Waals surface area contributed by atoms with Crippen LogP contribution in [-0.2, 0) is 13.6 Å². The summed E-state index contributed by atoms with van der Waals surface area (Å²) in [7, 11) is 2.00. The normalized spacial score (nSPS) is 19.1. The Bertz CT molecular complexity index is 380. The average molecular weight is 270 g/mol. The predicted molar refractivity (Wildman–Crippen MR) is 75.9 cm³/mol. The van der Waals surface area contributed by atoms with Crippen LogP contribution in [0, 0.1) is 12.3 Å². The van der Waals surface area contributed by atoms with Gasteiger partial charge in [0.05, 0.1) is 11.4 Å². The Morgan fingerprint density at radius 2 is 2.11 bits per heavy atom. The topological polar surface area (TPSA) is 29.9 Å². The summed E-state index contributed by atoms with van der Waals surface area (Å²) in [5, 5.41) is 7.94. The molecule has 1 aliphatic rings. The molecule has 1 aromatic rings. The Morgan fingerprint density at radius 1 is 1.39 bits per heavy atom. The molecule has 0 aromatic carbocycles. The molecule has 1 fully saturated rings. The van der Waals surface area contributed by atoms with Crippen molar-refractivity contribution in [3.05, 3.63) is 17.5 Å². The van der Waals surface area contributed by atoms with Crippen molar-refractivity contribution in [1.82, 2.24) is 15.1 Å². The fourth-order valence-electron chi connectivity index (χ4n) is 2.94. The first kappa shape index (κ1) is 13.9. The number of rotatable bonds is 5. The number of aryl methyl sites for hydroxylation is 2. The molecule has 1 saturated carbocycles. The van der Waals surface area contributed by atoms with Crippen molar-refractivity contribution in [2.24, 2.45) is 12.5 Å². The molecule has 0 aliphatic heterocycles. The lowest BCUT2D eigenvalue weighted by Gasteiger charge is -2.35. The van der Waals surface area contributed by atoms with Gasteiger partial charge in [-0.25, -0.2) is 0 Å². The van der Waals surface area contributed by atoms with Gasteiger partial charge in [0.25, 0.3) is 0 Å². The van der Waals surface area contributed by atoms with Gasteiger partial charge in [-0.05, 0) is 31.2 Å². The monoisotopic (exact) mass is 269 g/mol. The lowest BCUT2D eigenvalue weighted by atomic mass is 9.75. The second kappa shape index (κ2) is 6.07. The smallest absolute Gasteiger partial charge is 0.0597 e. The number of nitrogens with one attached hydrogen (secondary N) is 1. The van der Waals surface area contributed by atoms with Crippen LogP contribution in [0.5, 0.6) is 0 Å². The van der Waals surface area contributed by atoms with Crippen molar-refractivity contribution < 1.29 is 0 Å². The second-order valence-corrected chi connectivity index (χ2v) is 5.97. The molecule has 0 spiro atoms. The summed E-state index contributed by atoms with van der Waals surface area (Å²) in [5.74, 6) is 0.782. The number of aromatic nitrogens is 2. The van der Waals surface area contributed by atoms with Gasteiger partial charge in [-0.2, -0.15) is 5.10 Å². The van der Waals surface area contributed by atoms with Gasteiger partial charge in [0, 0.05) is 26.0 Å². The summed E-state index contributed by atoms with van der Waals surface area (Å²) in [4.78, 5) is 0. The van der Waals surface area contributed by atoms with Gasteiger partial charge < -0.3 is 5.32 Å². The van der Waals surface area contributed by atoms with Crippen LogP contribution in [0.4, 0.5) is 0 Å². The Balaban J connectivity index is 1.85. The molecule has 3 nitrogen and oxygen atoms in total. The Hall–Kier alpha value is -0.540. The minimum absolute atomic E-state index is 0.327. The van der Waals surface area contributed by atoms with E-state index in [9.17, 15) is 0 Å². The van der Waals surface area contributed by atoms with E-state index in [-0.39, 0.29) is 0 Å². The zero-order valence-corrected chi connectivity index (χ0v) is 12.3. The van der Waals surface area contributed by atoms with Gasteiger partial charge in [-0.15, -0.1) is 11.6 Å². The number of hydrogen-bond acceptors (Lipinski definition) is 2. The highest BCUT2D eigenvalue weighted by atomic mass is 35.5. The zero-order valence-electron chi connectivity index (χ0n) is 11.5. The van der Waals surface area contributed by atoms with Crippen LogP contribution in [0.15, 0.2) is 6.07 Å². The number of alkyl halides is 1. The van der Waals surface area contributed by atoms with Gasteiger partial charge in [-0.1, -0.05) is 19.3 Å². The number of nitrogens with zero attached hydrogens (tertiary/aromatic N) is 2. The quantitative estimate of drug-likeness (QED) is 0.833. The first-order valence-electron chi connectivity index (χ1n) is 6.91. The predicted octanol–water partition coefficient (Wildman–Crippen LogP) is 3.01. The molecule has 102 valence electrons. The lowest BCUT2D eigenvalue weighted by Crippen LogP contribution is -2.37. The van der Waals surface area contributed by atoms with Crippen LogP contribution in [-0.4, -0.2) is 22.2 Å². The summed E-state index contributed by atoms with van der Waals surface area (Å²) in [6.07, 6.45) is 6.58. The molecule has 2 rings (SSSR count). The molecule has 4 heteroatoms. The van der Waals surface area contributed by atoms with Crippen LogP contribution in [0.25, 0.3) is 0 Å². The van der Waals surface area contributed by atoms with Gasteiger partial charge in [0.15, 0.2) is 0 Å². The van der Waals surface area contributed by atoms with Crippen LogP contribution < -0.4 is 5.32 Å². The molecule has 0 saturated heterocycles. The fraction of sp³-hybridized carbons (Fsp3) is 0.786. The largest absolute Gasteiger partial charge is 0.311 e. The summed E-state index contributed by atoms with van der Waals surface area (Å²) < 4.78 is 1.95. The van der Waals surface area contributed by atoms with E-state index in [0.717, 1.165) is 24.7 Å². The summed E-state index contributed by atoms with van der Waals surface area (Å²) in [6.45, 7) is 3.95.